The zero-order chi connectivity index (χ0) is 13.0. The number of nitrogens with zero attached hydrogens (tertiary/aromatic N) is 1. The highest BCUT2D eigenvalue weighted by Crippen LogP contribution is 2.46. The van der Waals surface area contributed by atoms with Crippen LogP contribution in [0.3, 0.4) is 0 Å². The number of rotatable bonds is 2. The summed E-state index contributed by atoms with van der Waals surface area (Å²) in [5.74, 6) is -0.474. The van der Waals surface area contributed by atoms with Gasteiger partial charge < -0.3 is 9.47 Å². The Morgan fingerprint density at radius 3 is 2.68 bits per heavy atom. The zero-order valence-corrected chi connectivity index (χ0v) is 11.3. The first-order valence-corrected chi connectivity index (χ1v) is 6.95. The van der Waals surface area contributed by atoms with Crippen molar-refractivity contribution in [3.63, 3.8) is 0 Å². The molecule has 2 bridgehead atoms. The SMILES string of the molecule is CC1(C)O[C@H]2[C@@H]3CC([C@H]2O1)N(Cc1ccccc1)O3. The van der Waals surface area contributed by atoms with Crippen molar-refractivity contribution in [1.29, 1.82) is 0 Å². The second-order valence-corrected chi connectivity index (χ2v) is 6.07. The van der Waals surface area contributed by atoms with Crippen LogP contribution in [0, 0.1) is 0 Å². The van der Waals surface area contributed by atoms with Crippen molar-refractivity contribution in [2.24, 2.45) is 0 Å². The minimum atomic E-state index is -0.474. The van der Waals surface area contributed by atoms with Gasteiger partial charge in [-0.3, -0.25) is 4.84 Å². The average molecular weight is 261 g/mol. The summed E-state index contributed by atoms with van der Waals surface area (Å²) in [7, 11) is 0. The Bertz CT molecular complexity index is 476. The Balaban J connectivity index is 1.51. The smallest absolute Gasteiger partial charge is 0.163 e. The fraction of sp³-hybridized carbons (Fsp3) is 0.600. The molecule has 3 aliphatic rings. The standard InChI is InChI=1S/C15H19NO3/c1-15(2)17-13-11-8-12(14(13)18-15)19-16(11)9-10-6-4-3-5-7-10/h3-7,11-14H,8-9H2,1-2H3/t11?,12-,13+,14-/m0/s1. The van der Waals surface area contributed by atoms with Gasteiger partial charge in [-0.25, -0.2) is 0 Å². The summed E-state index contributed by atoms with van der Waals surface area (Å²) in [6, 6.07) is 10.7. The van der Waals surface area contributed by atoms with E-state index in [0.717, 1.165) is 13.0 Å². The fourth-order valence-electron chi connectivity index (χ4n) is 3.46. The minimum absolute atomic E-state index is 0.104. The molecule has 0 N–H and O–H groups in total. The largest absolute Gasteiger partial charge is 0.343 e. The van der Waals surface area contributed by atoms with Gasteiger partial charge >= 0.3 is 0 Å². The lowest BCUT2D eigenvalue weighted by Crippen LogP contribution is -2.46. The van der Waals surface area contributed by atoms with Crippen LogP contribution in [-0.4, -0.2) is 35.2 Å². The van der Waals surface area contributed by atoms with Gasteiger partial charge in [0, 0.05) is 6.54 Å². The van der Waals surface area contributed by atoms with Crippen molar-refractivity contribution < 1.29 is 14.3 Å². The van der Waals surface area contributed by atoms with Gasteiger partial charge in [0.25, 0.3) is 0 Å². The summed E-state index contributed by atoms with van der Waals surface area (Å²) >= 11 is 0. The summed E-state index contributed by atoms with van der Waals surface area (Å²) < 4.78 is 12.0. The van der Waals surface area contributed by atoms with Crippen molar-refractivity contribution in [2.75, 3.05) is 0 Å². The molecule has 0 radical (unpaired) electrons. The van der Waals surface area contributed by atoms with E-state index in [0.29, 0.717) is 6.04 Å². The number of ether oxygens (including phenoxy) is 2. The lowest BCUT2D eigenvalue weighted by atomic mass is 10.1. The summed E-state index contributed by atoms with van der Waals surface area (Å²) in [5.41, 5.74) is 1.27. The van der Waals surface area contributed by atoms with Crippen LogP contribution in [0.15, 0.2) is 30.3 Å². The summed E-state index contributed by atoms with van der Waals surface area (Å²) in [4.78, 5) is 6.00. The second-order valence-electron chi connectivity index (χ2n) is 6.07. The molecule has 2 aliphatic heterocycles. The third-order valence-corrected chi connectivity index (χ3v) is 4.20. The van der Waals surface area contributed by atoms with Crippen LogP contribution in [0.2, 0.25) is 0 Å². The van der Waals surface area contributed by atoms with Crippen LogP contribution < -0.4 is 0 Å². The maximum Gasteiger partial charge on any atom is 0.163 e. The maximum atomic E-state index is 6.03. The first kappa shape index (κ1) is 11.9. The van der Waals surface area contributed by atoms with E-state index >= 15 is 0 Å². The quantitative estimate of drug-likeness (QED) is 0.815. The summed E-state index contributed by atoms with van der Waals surface area (Å²) in [6.07, 6.45) is 1.42. The zero-order valence-electron chi connectivity index (χ0n) is 11.3. The predicted octanol–water partition coefficient (Wildman–Crippen LogP) is 2.09. The summed E-state index contributed by atoms with van der Waals surface area (Å²) in [5, 5.41) is 2.08. The first-order valence-electron chi connectivity index (χ1n) is 6.95. The lowest BCUT2D eigenvalue weighted by molar-refractivity contribution is -0.229. The molecule has 4 heteroatoms. The van der Waals surface area contributed by atoms with E-state index in [4.69, 9.17) is 14.3 Å². The maximum absolute atomic E-state index is 6.03. The highest BCUT2D eigenvalue weighted by Gasteiger charge is 2.61. The van der Waals surface area contributed by atoms with Crippen molar-refractivity contribution in [2.45, 2.75) is 57.0 Å². The van der Waals surface area contributed by atoms with Crippen molar-refractivity contribution >= 4 is 0 Å². The van der Waals surface area contributed by atoms with Crippen LogP contribution >= 0.6 is 0 Å². The molecule has 1 saturated carbocycles. The van der Waals surface area contributed by atoms with E-state index in [2.05, 4.69) is 29.3 Å². The monoisotopic (exact) mass is 261 g/mol. The molecule has 2 saturated heterocycles. The molecule has 102 valence electrons. The normalized spacial score (nSPS) is 39.7. The Labute approximate surface area is 113 Å². The molecule has 1 aromatic carbocycles. The molecule has 4 rings (SSSR count). The van der Waals surface area contributed by atoms with Gasteiger partial charge in [0.15, 0.2) is 5.79 Å². The Hall–Kier alpha value is -0.940. The third-order valence-electron chi connectivity index (χ3n) is 4.20. The number of hydrogen-bond acceptors (Lipinski definition) is 4. The number of hydrogen-bond donors (Lipinski definition) is 0. The van der Waals surface area contributed by atoms with Gasteiger partial charge in [0.2, 0.25) is 0 Å². The van der Waals surface area contributed by atoms with Crippen molar-refractivity contribution in [3.05, 3.63) is 35.9 Å². The number of hydroxylamine groups is 2. The predicted molar refractivity (Wildman–Crippen MR) is 69.1 cm³/mol. The Morgan fingerprint density at radius 2 is 1.89 bits per heavy atom. The molecule has 0 spiro atoms. The van der Waals surface area contributed by atoms with Gasteiger partial charge in [-0.1, -0.05) is 30.3 Å². The summed E-state index contributed by atoms with van der Waals surface area (Å²) in [6.45, 7) is 4.77. The van der Waals surface area contributed by atoms with E-state index < -0.39 is 5.79 Å². The minimum Gasteiger partial charge on any atom is -0.343 e. The fourth-order valence-corrected chi connectivity index (χ4v) is 3.46. The molecule has 2 heterocycles. The van der Waals surface area contributed by atoms with Crippen molar-refractivity contribution in [1.82, 2.24) is 5.06 Å². The van der Waals surface area contributed by atoms with Crippen LogP contribution in [-0.2, 0) is 20.9 Å². The molecular formula is C15H19NO3. The molecule has 1 aromatic rings. The van der Waals surface area contributed by atoms with Crippen LogP contribution in [0.1, 0.15) is 25.8 Å². The average Bonchev–Trinajstić information content (AvgIpc) is 2.99. The molecule has 0 aromatic heterocycles. The molecule has 4 atom stereocenters. The molecule has 19 heavy (non-hydrogen) atoms. The molecule has 3 fully saturated rings. The van der Waals surface area contributed by atoms with Crippen molar-refractivity contribution in [3.8, 4) is 0 Å². The molecule has 4 nitrogen and oxygen atoms in total. The molecule has 0 amide bonds. The van der Waals surface area contributed by atoms with E-state index in [9.17, 15) is 0 Å². The van der Waals surface area contributed by atoms with E-state index in [-0.39, 0.29) is 18.3 Å². The van der Waals surface area contributed by atoms with Gasteiger partial charge in [-0.2, -0.15) is 5.06 Å². The molecular weight excluding hydrogens is 242 g/mol. The molecule has 1 unspecified atom stereocenters. The van der Waals surface area contributed by atoms with E-state index in [1.807, 2.05) is 19.9 Å². The van der Waals surface area contributed by atoms with Gasteiger partial charge in [-0.05, 0) is 25.8 Å². The van der Waals surface area contributed by atoms with Gasteiger partial charge in [0.05, 0.1) is 6.04 Å². The highest BCUT2D eigenvalue weighted by atomic mass is 16.8. The highest BCUT2D eigenvalue weighted by molar-refractivity contribution is 5.15. The van der Waals surface area contributed by atoms with Crippen LogP contribution in [0.25, 0.3) is 0 Å². The number of fused-ring (bicyclic) bond motifs is 5. The van der Waals surface area contributed by atoms with E-state index in [1.54, 1.807) is 0 Å². The Morgan fingerprint density at radius 1 is 1.16 bits per heavy atom. The van der Waals surface area contributed by atoms with Gasteiger partial charge in [0.1, 0.15) is 18.3 Å². The van der Waals surface area contributed by atoms with Gasteiger partial charge in [-0.15, -0.1) is 0 Å². The second kappa shape index (κ2) is 4.03. The van der Waals surface area contributed by atoms with E-state index in [1.165, 1.54) is 5.56 Å². The number of benzene rings is 1. The molecule has 1 aliphatic carbocycles. The topological polar surface area (TPSA) is 30.9 Å². The third kappa shape index (κ3) is 1.91. The van der Waals surface area contributed by atoms with Crippen LogP contribution in [0.4, 0.5) is 0 Å². The Kier molecular flexibility index (Phi) is 2.51. The first-order chi connectivity index (χ1) is 9.12. The van der Waals surface area contributed by atoms with Crippen LogP contribution in [0.5, 0.6) is 0 Å². The lowest BCUT2D eigenvalue weighted by Gasteiger charge is -2.32.